The molecule has 3 rings (SSSR count). The molecule has 1 saturated carbocycles. The van der Waals surface area contributed by atoms with Gasteiger partial charge < -0.3 is 20.1 Å². The highest BCUT2D eigenvalue weighted by Crippen LogP contribution is 2.33. The molecule has 1 fully saturated rings. The van der Waals surface area contributed by atoms with Gasteiger partial charge in [-0.15, -0.1) is 0 Å². The monoisotopic (exact) mass is 444 g/mol. The lowest BCUT2D eigenvalue weighted by molar-refractivity contribution is -0.115. The van der Waals surface area contributed by atoms with E-state index < -0.39 is 0 Å². The summed E-state index contributed by atoms with van der Waals surface area (Å²) in [5.41, 5.74) is 2.52. The van der Waals surface area contributed by atoms with Crippen LogP contribution in [-0.4, -0.2) is 35.3 Å². The molecule has 168 valence electrons. The number of nitrogens with zero attached hydrogens (tertiary/aromatic N) is 2. The van der Waals surface area contributed by atoms with E-state index in [2.05, 4.69) is 20.6 Å². The highest BCUT2D eigenvalue weighted by molar-refractivity contribution is 7.98. The van der Waals surface area contributed by atoms with Crippen LogP contribution in [0.3, 0.4) is 0 Å². The van der Waals surface area contributed by atoms with Crippen molar-refractivity contribution >= 4 is 29.2 Å². The second-order valence-corrected chi connectivity index (χ2v) is 8.27. The number of thioether (sulfide) groups is 1. The summed E-state index contributed by atoms with van der Waals surface area (Å²) < 4.78 is 11.7. The van der Waals surface area contributed by atoms with E-state index in [1.165, 1.54) is 24.6 Å². The first-order valence-corrected chi connectivity index (χ1v) is 12.1. The van der Waals surface area contributed by atoms with Crippen molar-refractivity contribution in [1.29, 1.82) is 0 Å². The maximum Gasteiger partial charge on any atom is 0.224 e. The maximum absolute atomic E-state index is 12.1. The first kappa shape index (κ1) is 23.2. The van der Waals surface area contributed by atoms with Crippen LogP contribution in [0.2, 0.25) is 0 Å². The fourth-order valence-corrected chi connectivity index (χ4v) is 4.00. The number of aryl methyl sites for hydroxylation is 1. The maximum atomic E-state index is 12.1. The molecule has 2 aromatic rings. The molecule has 1 aromatic heterocycles. The fraction of sp³-hybridized carbons (Fsp3) is 0.522. The largest absolute Gasteiger partial charge is 0.493 e. The highest BCUT2D eigenvalue weighted by Gasteiger charge is 2.19. The Balaban J connectivity index is 1.83. The van der Waals surface area contributed by atoms with E-state index in [1.807, 2.05) is 38.3 Å². The van der Waals surface area contributed by atoms with Crippen LogP contribution in [-0.2, 0) is 17.8 Å². The lowest BCUT2D eigenvalue weighted by atomic mass is 10.2. The first-order valence-electron chi connectivity index (χ1n) is 10.9. The Labute approximate surface area is 188 Å². The molecule has 0 spiro atoms. The Hall–Kier alpha value is -2.48. The Morgan fingerprint density at radius 2 is 1.97 bits per heavy atom. The molecule has 1 amide bonds. The number of hydrogen-bond acceptors (Lipinski definition) is 7. The molecule has 8 heteroatoms. The number of carbonyl (C=O) groups excluding carboxylic acids is 1. The topological polar surface area (TPSA) is 85.4 Å². The van der Waals surface area contributed by atoms with Gasteiger partial charge in [-0.1, -0.05) is 31.7 Å². The Morgan fingerprint density at radius 1 is 1.19 bits per heavy atom. The van der Waals surface area contributed by atoms with Crippen molar-refractivity contribution in [1.82, 2.24) is 9.97 Å². The van der Waals surface area contributed by atoms with Gasteiger partial charge in [0.25, 0.3) is 0 Å². The van der Waals surface area contributed by atoms with Gasteiger partial charge in [0.05, 0.1) is 18.9 Å². The lowest BCUT2D eigenvalue weighted by Gasteiger charge is -2.18. The van der Waals surface area contributed by atoms with Crippen LogP contribution in [0, 0.1) is 0 Å². The minimum atomic E-state index is -0.0602. The third-order valence-electron chi connectivity index (χ3n) is 5.35. The lowest BCUT2D eigenvalue weighted by Crippen LogP contribution is -2.16. The van der Waals surface area contributed by atoms with Gasteiger partial charge in [0.15, 0.2) is 22.5 Å². The molecular formula is C23H32N4O3S. The summed E-state index contributed by atoms with van der Waals surface area (Å²) in [7, 11) is 1.66. The van der Waals surface area contributed by atoms with Crippen molar-refractivity contribution in [2.45, 2.75) is 70.2 Å². The quantitative estimate of drug-likeness (QED) is 0.392. The summed E-state index contributed by atoms with van der Waals surface area (Å²) in [4.78, 5) is 21.3. The van der Waals surface area contributed by atoms with Gasteiger partial charge in [0.2, 0.25) is 5.91 Å². The van der Waals surface area contributed by atoms with Gasteiger partial charge in [0.1, 0.15) is 5.69 Å². The normalized spacial score (nSPS) is 13.8. The molecule has 0 unspecified atom stereocenters. The third kappa shape index (κ3) is 6.03. The average molecular weight is 445 g/mol. The van der Waals surface area contributed by atoms with E-state index in [-0.39, 0.29) is 12.0 Å². The number of nitrogens with one attached hydrogen (secondary N) is 2. The molecule has 31 heavy (non-hydrogen) atoms. The smallest absolute Gasteiger partial charge is 0.224 e. The SMILES string of the molecule is CCC(=O)Nc1c(CC)nc(SC)nc1NCc1ccc(OC)c(OC2CCCC2)c1. The van der Waals surface area contributed by atoms with Crippen LogP contribution in [0.5, 0.6) is 11.5 Å². The predicted molar refractivity (Wildman–Crippen MR) is 125 cm³/mol. The molecule has 1 aromatic carbocycles. The number of hydrogen-bond donors (Lipinski definition) is 2. The summed E-state index contributed by atoms with van der Waals surface area (Å²) in [5, 5.41) is 7.03. The third-order valence-corrected chi connectivity index (χ3v) is 5.90. The minimum Gasteiger partial charge on any atom is -0.493 e. The van der Waals surface area contributed by atoms with Crippen LogP contribution in [0.25, 0.3) is 0 Å². The van der Waals surface area contributed by atoms with Gasteiger partial charge in [-0.3, -0.25) is 4.79 Å². The molecule has 1 heterocycles. The number of anilines is 2. The standard InChI is InChI=1S/C23H32N4O3S/c1-5-17-21(26-20(28)6-2)22(27-23(25-17)31-4)24-14-15-11-12-18(29-3)19(13-15)30-16-9-7-8-10-16/h11-13,16H,5-10,14H2,1-4H3,(H,26,28)(H,24,25,27). The van der Waals surface area contributed by atoms with E-state index in [4.69, 9.17) is 9.47 Å². The van der Waals surface area contributed by atoms with E-state index >= 15 is 0 Å². The van der Waals surface area contributed by atoms with E-state index in [0.717, 1.165) is 35.6 Å². The van der Waals surface area contributed by atoms with Crippen LogP contribution in [0.4, 0.5) is 11.5 Å². The highest BCUT2D eigenvalue weighted by atomic mass is 32.2. The van der Waals surface area contributed by atoms with Gasteiger partial charge in [-0.05, 0) is 56.1 Å². The van der Waals surface area contributed by atoms with E-state index in [9.17, 15) is 4.79 Å². The number of amides is 1. The zero-order valence-corrected chi connectivity index (χ0v) is 19.6. The molecule has 1 aliphatic carbocycles. The zero-order chi connectivity index (χ0) is 22.2. The molecule has 1 aliphatic rings. The summed E-state index contributed by atoms with van der Waals surface area (Å²) >= 11 is 1.48. The summed E-state index contributed by atoms with van der Waals surface area (Å²) in [6.45, 7) is 4.39. The molecule has 0 bridgehead atoms. The van der Waals surface area contributed by atoms with E-state index in [0.29, 0.717) is 36.0 Å². The van der Waals surface area contributed by atoms with Crippen molar-refractivity contribution in [3.05, 3.63) is 29.5 Å². The van der Waals surface area contributed by atoms with Crippen LogP contribution in [0.15, 0.2) is 23.4 Å². The molecule has 0 aliphatic heterocycles. The molecule has 2 N–H and O–H groups in total. The van der Waals surface area contributed by atoms with Gasteiger partial charge in [-0.2, -0.15) is 0 Å². The van der Waals surface area contributed by atoms with Gasteiger partial charge in [-0.25, -0.2) is 9.97 Å². The van der Waals surface area contributed by atoms with Crippen molar-refractivity contribution in [2.24, 2.45) is 0 Å². The number of rotatable bonds is 10. The number of carbonyl (C=O) groups is 1. The summed E-state index contributed by atoms with van der Waals surface area (Å²) in [6.07, 6.45) is 7.90. The van der Waals surface area contributed by atoms with Crippen molar-refractivity contribution < 1.29 is 14.3 Å². The van der Waals surface area contributed by atoms with Crippen molar-refractivity contribution in [2.75, 3.05) is 24.0 Å². The van der Waals surface area contributed by atoms with Crippen molar-refractivity contribution in [3.8, 4) is 11.5 Å². The van der Waals surface area contributed by atoms with Gasteiger partial charge in [0, 0.05) is 13.0 Å². The number of methoxy groups -OCH3 is 1. The second-order valence-electron chi connectivity index (χ2n) is 7.50. The second kappa shape index (κ2) is 11.2. The Kier molecular flexibility index (Phi) is 8.40. The van der Waals surface area contributed by atoms with Crippen molar-refractivity contribution in [3.63, 3.8) is 0 Å². The van der Waals surface area contributed by atoms with Crippen LogP contribution < -0.4 is 20.1 Å². The Morgan fingerprint density at radius 3 is 2.61 bits per heavy atom. The first-order chi connectivity index (χ1) is 15.1. The van der Waals surface area contributed by atoms with E-state index in [1.54, 1.807) is 7.11 Å². The predicted octanol–water partition coefficient (Wildman–Crippen LogP) is 5.05. The van der Waals surface area contributed by atoms with Crippen LogP contribution >= 0.6 is 11.8 Å². The number of aromatic nitrogens is 2. The number of benzene rings is 1. The fourth-order valence-electron chi connectivity index (χ4n) is 3.61. The number of ether oxygens (including phenoxy) is 2. The minimum absolute atomic E-state index is 0.0602. The zero-order valence-electron chi connectivity index (χ0n) is 18.8. The summed E-state index contributed by atoms with van der Waals surface area (Å²) in [6, 6.07) is 5.97. The van der Waals surface area contributed by atoms with Gasteiger partial charge >= 0.3 is 0 Å². The average Bonchev–Trinajstić information content (AvgIpc) is 3.31. The molecular weight excluding hydrogens is 412 g/mol. The molecule has 7 nitrogen and oxygen atoms in total. The molecule has 0 saturated heterocycles. The molecule has 0 radical (unpaired) electrons. The van der Waals surface area contributed by atoms with Crippen LogP contribution in [0.1, 0.15) is 57.2 Å². The summed E-state index contributed by atoms with van der Waals surface area (Å²) in [5.74, 6) is 2.09. The molecule has 0 atom stereocenters. The Bertz CT molecular complexity index is 901.